The second-order valence-electron chi connectivity index (χ2n) is 3.88. The fourth-order valence-electron chi connectivity index (χ4n) is 1.85. The molecule has 17 heavy (non-hydrogen) atoms. The van der Waals surface area contributed by atoms with E-state index in [1.54, 1.807) is 30.0 Å². The van der Waals surface area contributed by atoms with Crippen molar-refractivity contribution < 1.29 is 5.11 Å². The molecule has 1 aliphatic rings. The number of fused-ring (bicyclic) bond motifs is 1. The molecule has 0 bridgehead atoms. The van der Waals surface area contributed by atoms with Gasteiger partial charge in [0, 0.05) is 22.6 Å². The molecule has 0 aliphatic carbocycles. The molecule has 0 radical (unpaired) electrons. The van der Waals surface area contributed by atoms with Crippen molar-refractivity contribution in [1.82, 2.24) is 9.97 Å². The Morgan fingerprint density at radius 2 is 2.24 bits per heavy atom. The monoisotopic (exact) mass is 246 g/mol. The lowest BCUT2D eigenvalue weighted by molar-refractivity contribution is 0.475. The van der Waals surface area contributed by atoms with Gasteiger partial charge in [-0.1, -0.05) is 12.1 Å². The Kier molecular flexibility index (Phi) is 2.40. The van der Waals surface area contributed by atoms with Crippen LogP contribution in [0.1, 0.15) is 11.3 Å². The number of benzene rings is 1. The SMILES string of the molecule is O=c1[nH]c(-c2cccc(O)c2)nc2c1CSC2. The van der Waals surface area contributed by atoms with Crippen molar-refractivity contribution in [2.75, 3.05) is 0 Å². The molecule has 1 aliphatic heterocycles. The summed E-state index contributed by atoms with van der Waals surface area (Å²) >= 11 is 1.69. The average molecular weight is 246 g/mol. The largest absolute Gasteiger partial charge is 0.508 e. The normalized spacial score (nSPS) is 13.6. The number of nitrogens with zero attached hydrogens (tertiary/aromatic N) is 1. The van der Waals surface area contributed by atoms with Crippen LogP contribution in [-0.4, -0.2) is 15.1 Å². The summed E-state index contributed by atoms with van der Waals surface area (Å²) in [6, 6.07) is 6.72. The summed E-state index contributed by atoms with van der Waals surface area (Å²) in [5.41, 5.74) is 2.29. The molecule has 1 aromatic carbocycles. The van der Waals surface area contributed by atoms with E-state index in [2.05, 4.69) is 9.97 Å². The van der Waals surface area contributed by atoms with Crippen LogP contribution in [0, 0.1) is 0 Å². The Hall–Kier alpha value is -1.75. The fraction of sp³-hybridized carbons (Fsp3) is 0.167. The lowest BCUT2D eigenvalue weighted by Gasteiger charge is -2.03. The number of hydrogen-bond donors (Lipinski definition) is 2. The number of thioether (sulfide) groups is 1. The highest BCUT2D eigenvalue weighted by atomic mass is 32.2. The molecule has 4 nitrogen and oxygen atoms in total. The molecule has 0 saturated heterocycles. The van der Waals surface area contributed by atoms with Gasteiger partial charge in [0.15, 0.2) is 0 Å². The van der Waals surface area contributed by atoms with E-state index >= 15 is 0 Å². The molecule has 0 amide bonds. The van der Waals surface area contributed by atoms with Crippen LogP contribution in [0.4, 0.5) is 0 Å². The second kappa shape index (κ2) is 3.92. The Labute approximate surface area is 102 Å². The maximum atomic E-state index is 11.8. The zero-order valence-electron chi connectivity index (χ0n) is 8.93. The van der Waals surface area contributed by atoms with Gasteiger partial charge in [0.2, 0.25) is 0 Å². The lowest BCUT2D eigenvalue weighted by atomic mass is 10.2. The van der Waals surface area contributed by atoms with Crippen LogP contribution >= 0.6 is 11.8 Å². The van der Waals surface area contributed by atoms with Gasteiger partial charge in [0.1, 0.15) is 11.6 Å². The Balaban J connectivity index is 2.16. The van der Waals surface area contributed by atoms with Gasteiger partial charge in [0.05, 0.1) is 5.69 Å². The zero-order chi connectivity index (χ0) is 11.8. The maximum Gasteiger partial charge on any atom is 0.255 e. The van der Waals surface area contributed by atoms with Crippen molar-refractivity contribution in [3.63, 3.8) is 0 Å². The van der Waals surface area contributed by atoms with Gasteiger partial charge < -0.3 is 10.1 Å². The highest BCUT2D eigenvalue weighted by molar-refractivity contribution is 7.98. The highest BCUT2D eigenvalue weighted by Gasteiger charge is 2.17. The highest BCUT2D eigenvalue weighted by Crippen LogP contribution is 2.27. The summed E-state index contributed by atoms with van der Waals surface area (Å²) in [4.78, 5) is 19.0. The van der Waals surface area contributed by atoms with Gasteiger partial charge in [0.25, 0.3) is 5.56 Å². The van der Waals surface area contributed by atoms with Crippen LogP contribution in [0.15, 0.2) is 29.1 Å². The quantitative estimate of drug-likeness (QED) is 0.806. The number of phenols is 1. The first-order valence-electron chi connectivity index (χ1n) is 5.23. The predicted octanol–water partition coefficient (Wildman–Crippen LogP) is 1.89. The van der Waals surface area contributed by atoms with Crippen LogP contribution in [-0.2, 0) is 11.5 Å². The van der Waals surface area contributed by atoms with Gasteiger partial charge in [-0.05, 0) is 12.1 Å². The number of aromatic amines is 1. The van der Waals surface area contributed by atoms with Crippen LogP contribution < -0.4 is 5.56 Å². The van der Waals surface area contributed by atoms with E-state index < -0.39 is 0 Å². The molecule has 0 saturated carbocycles. The summed E-state index contributed by atoms with van der Waals surface area (Å²) in [5.74, 6) is 2.20. The summed E-state index contributed by atoms with van der Waals surface area (Å²) < 4.78 is 0. The first-order chi connectivity index (χ1) is 8.24. The molecule has 5 heteroatoms. The van der Waals surface area contributed by atoms with E-state index in [0.29, 0.717) is 5.82 Å². The molecule has 0 unspecified atom stereocenters. The van der Waals surface area contributed by atoms with Crippen molar-refractivity contribution in [1.29, 1.82) is 0 Å². The second-order valence-corrected chi connectivity index (χ2v) is 4.87. The van der Waals surface area contributed by atoms with Crippen molar-refractivity contribution in [3.8, 4) is 17.1 Å². The minimum atomic E-state index is -0.0710. The van der Waals surface area contributed by atoms with Crippen LogP contribution in [0.2, 0.25) is 0 Å². The first-order valence-corrected chi connectivity index (χ1v) is 6.39. The van der Waals surface area contributed by atoms with Gasteiger partial charge in [-0.3, -0.25) is 4.79 Å². The summed E-state index contributed by atoms with van der Waals surface area (Å²) in [5, 5.41) is 9.41. The van der Waals surface area contributed by atoms with Crippen molar-refractivity contribution in [2.24, 2.45) is 0 Å². The van der Waals surface area contributed by atoms with Crippen molar-refractivity contribution in [3.05, 3.63) is 45.9 Å². The van der Waals surface area contributed by atoms with E-state index in [1.165, 1.54) is 0 Å². The Morgan fingerprint density at radius 3 is 3.06 bits per heavy atom. The maximum absolute atomic E-state index is 11.8. The third-order valence-electron chi connectivity index (χ3n) is 2.71. The molecule has 2 N–H and O–H groups in total. The molecule has 2 heterocycles. The zero-order valence-corrected chi connectivity index (χ0v) is 9.75. The van der Waals surface area contributed by atoms with E-state index in [0.717, 1.165) is 28.3 Å². The minimum absolute atomic E-state index is 0.0710. The van der Waals surface area contributed by atoms with Crippen molar-refractivity contribution in [2.45, 2.75) is 11.5 Å². The number of H-pyrrole nitrogens is 1. The standard InChI is InChI=1S/C12H10N2O2S/c15-8-3-1-2-7(4-8)11-13-10-6-17-5-9(10)12(16)14-11/h1-4,15H,5-6H2,(H,13,14,16). The topological polar surface area (TPSA) is 66.0 Å². The molecule has 86 valence electrons. The predicted molar refractivity (Wildman–Crippen MR) is 67.0 cm³/mol. The van der Waals surface area contributed by atoms with Crippen molar-refractivity contribution >= 4 is 11.8 Å². The lowest BCUT2D eigenvalue weighted by Crippen LogP contribution is -2.15. The molecular weight excluding hydrogens is 236 g/mol. The number of aromatic hydroxyl groups is 1. The van der Waals surface area contributed by atoms with Gasteiger partial charge in [-0.25, -0.2) is 4.98 Å². The van der Waals surface area contributed by atoms with Crippen LogP contribution in [0.5, 0.6) is 5.75 Å². The third-order valence-corrected chi connectivity index (χ3v) is 3.68. The number of nitrogens with one attached hydrogen (secondary N) is 1. The molecule has 3 rings (SSSR count). The first kappa shape index (κ1) is 10.4. The molecule has 2 aromatic rings. The number of phenolic OH excluding ortho intramolecular Hbond substituents is 1. The summed E-state index contributed by atoms with van der Waals surface area (Å²) in [6.45, 7) is 0. The average Bonchev–Trinajstić information content (AvgIpc) is 2.77. The molecule has 0 fully saturated rings. The molecule has 1 aromatic heterocycles. The van der Waals surface area contributed by atoms with Gasteiger partial charge >= 0.3 is 0 Å². The summed E-state index contributed by atoms with van der Waals surface area (Å²) in [6.07, 6.45) is 0. The van der Waals surface area contributed by atoms with Crippen LogP contribution in [0.25, 0.3) is 11.4 Å². The number of aromatic nitrogens is 2. The minimum Gasteiger partial charge on any atom is -0.508 e. The molecular formula is C12H10N2O2S. The number of hydrogen-bond acceptors (Lipinski definition) is 4. The Morgan fingerprint density at radius 1 is 1.35 bits per heavy atom. The van der Waals surface area contributed by atoms with E-state index in [-0.39, 0.29) is 11.3 Å². The van der Waals surface area contributed by atoms with Gasteiger partial charge in [-0.2, -0.15) is 11.8 Å². The van der Waals surface area contributed by atoms with Crippen LogP contribution in [0.3, 0.4) is 0 Å². The number of rotatable bonds is 1. The summed E-state index contributed by atoms with van der Waals surface area (Å²) in [7, 11) is 0. The van der Waals surface area contributed by atoms with Gasteiger partial charge in [-0.15, -0.1) is 0 Å². The molecule has 0 atom stereocenters. The van der Waals surface area contributed by atoms with E-state index in [9.17, 15) is 9.90 Å². The smallest absolute Gasteiger partial charge is 0.255 e. The van der Waals surface area contributed by atoms with E-state index in [1.807, 2.05) is 6.07 Å². The molecule has 0 spiro atoms. The van der Waals surface area contributed by atoms with E-state index in [4.69, 9.17) is 0 Å². The Bertz CT molecular complexity index is 637. The fourth-order valence-corrected chi connectivity index (χ4v) is 2.89. The third kappa shape index (κ3) is 1.82.